The molecule has 1 N–H and O–H groups in total. The highest BCUT2D eigenvalue weighted by molar-refractivity contribution is 5.58. The van der Waals surface area contributed by atoms with Gasteiger partial charge in [-0.05, 0) is 25.7 Å². The predicted octanol–water partition coefficient (Wildman–Crippen LogP) is 2.04. The van der Waals surface area contributed by atoms with Crippen LogP contribution in [0, 0.1) is 22.0 Å². The maximum absolute atomic E-state index is 11.1. The van der Waals surface area contributed by atoms with Gasteiger partial charge in [-0.25, -0.2) is 0 Å². The van der Waals surface area contributed by atoms with Crippen LogP contribution in [0.25, 0.3) is 0 Å². The van der Waals surface area contributed by atoms with Crippen molar-refractivity contribution in [3.8, 4) is 5.75 Å². The van der Waals surface area contributed by atoms with E-state index in [1.807, 2.05) is 19.9 Å². The van der Waals surface area contributed by atoms with E-state index in [-0.39, 0.29) is 16.7 Å². The van der Waals surface area contributed by atoms with E-state index >= 15 is 0 Å². The van der Waals surface area contributed by atoms with Gasteiger partial charge >= 0.3 is 0 Å². The largest absolute Gasteiger partial charge is 0.491 e. The van der Waals surface area contributed by atoms with Gasteiger partial charge in [0.05, 0.1) is 17.1 Å². The molecule has 6 nitrogen and oxygen atoms in total. The number of benzene rings is 1. The van der Waals surface area contributed by atoms with Crippen LogP contribution in [0.4, 0.5) is 11.4 Å². The van der Waals surface area contributed by atoms with E-state index in [0.717, 1.165) is 31.9 Å². The molecule has 21 heavy (non-hydrogen) atoms. The molecule has 0 aliphatic carbocycles. The molecule has 2 aliphatic rings. The molecule has 0 spiro atoms. The predicted molar refractivity (Wildman–Crippen MR) is 80.9 cm³/mol. The lowest BCUT2D eigenvalue weighted by Gasteiger charge is -2.21. The van der Waals surface area contributed by atoms with Crippen molar-refractivity contribution in [2.45, 2.75) is 20.0 Å². The average molecular weight is 291 g/mol. The van der Waals surface area contributed by atoms with Crippen LogP contribution < -0.4 is 15.0 Å². The maximum Gasteiger partial charge on any atom is 0.275 e. The second-order valence-electron chi connectivity index (χ2n) is 6.19. The van der Waals surface area contributed by atoms with Crippen LogP contribution in [0.3, 0.4) is 0 Å². The summed E-state index contributed by atoms with van der Waals surface area (Å²) in [5.41, 5.74) is 0.993. The van der Waals surface area contributed by atoms with E-state index in [1.165, 1.54) is 6.07 Å². The number of hydrogen-bond acceptors (Lipinski definition) is 5. The van der Waals surface area contributed by atoms with Gasteiger partial charge in [-0.2, -0.15) is 0 Å². The fourth-order valence-corrected chi connectivity index (χ4v) is 3.26. The van der Waals surface area contributed by atoms with E-state index in [2.05, 4.69) is 10.2 Å². The third kappa shape index (κ3) is 2.95. The number of nitrogens with one attached hydrogen (secondary N) is 1. The quantitative estimate of drug-likeness (QED) is 0.679. The third-order valence-electron chi connectivity index (χ3n) is 4.21. The summed E-state index contributed by atoms with van der Waals surface area (Å²) in [5, 5.41) is 14.5. The van der Waals surface area contributed by atoms with Gasteiger partial charge in [0.2, 0.25) is 0 Å². The number of nitro groups is 1. The standard InChI is InChI=1S/C15H21N3O3/c1-10(2)21-15-4-13(3-14(5-15)18(19)20)17-8-11-6-16-7-12(11)9-17/h3-5,10-12,16H,6-9H2,1-2H3/t11-,12+. The molecule has 0 amide bonds. The summed E-state index contributed by atoms with van der Waals surface area (Å²) in [4.78, 5) is 13.0. The number of non-ortho nitro benzene ring substituents is 1. The van der Waals surface area contributed by atoms with Crippen molar-refractivity contribution in [3.63, 3.8) is 0 Å². The number of nitrogens with zero attached hydrogens (tertiary/aromatic N) is 2. The summed E-state index contributed by atoms with van der Waals surface area (Å²) in [6, 6.07) is 5.07. The highest BCUT2D eigenvalue weighted by Gasteiger charge is 2.36. The molecule has 114 valence electrons. The van der Waals surface area contributed by atoms with E-state index in [0.29, 0.717) is 17.6 Å². The number of nitro benzene ring substituents is 1. The summed E-state index contributed by atoms with van der Waals surface area (Å²) in [6.07, 6.45) is 0.00186. The molecular formula is C15H21N3O3. The first-order valence-electron chi connectivity index (χ1n) is 7.44. The third-order valence-corrected chi connectivity index (χ3v) is 4.21. The monoisotopic (exact) mass is 291 g/mol. The van der Waals surface area contributed by atoms with Crippen LogP contribution in [-0.4, -0.2) is 37.2 Å². The Kier molecular flexibility index (Phi) is 3.71. The van der Waals surface area contributed by atoms with Crippen molar-refractivity contribution >= 4 is 11.4 Å². The Bertz CT molecular complexity index is 535. The van der Waals surface area contributed by atoms with Gasteiger partial charge in [-0.3, -0.25) is 10.1 Å². The van der Waals surface area contributed by atoms with Crippen molar-refractivity contribution in [2.75, 3.05) is 31.1 Å². The molecule has 2 fully saturated rings. The fourth-order valence-electron chi connectivity index (χ4n) is 3.26. The van der Waals surface area contributed by atoms with Crippen molar-refractivity contribution in [3.05, 3.63) is 28.3 Å². The highest BCUT2D eigenvalue weighted by Crippen LogP contribution is 2.35. The van der Waals surface area contributed by atoms with E-state index in [4.69, 9.17) is 4.74 Å². The molecule has 2 atom stereocenters. The van der Waals surface area contributed by atoms with Gasteiger partial charge in [0.25, 0.3) is 5.69 Å². The number of anilines is 1. The van der Waals surface area contributed by atoms with Gasteiger partial charge < -0.3 is 15.0 Å². The topological polar surface area (TPSA) is 67.6 Å². The maximum atomic E-state index is 11.1. The van der Waals surface area contributed by atoms with Crippen LogP contribution in [-0.2, 0) is 0 Å². The second-order valence-corrected chi connectivity index (χ2v) is 6.19. The average Bonchev–Trinajstić information content (AvgIpc) is 2.97. The molecular weight excluding hydrogens is 270 g/mol. The first-order valence-corrected chi connectivity index (χ1v) is 7.44. The van der Waals surface area contributed by atoms with Gasteiger partial charge in [-0.1, -0.05) is 0 Å². The lowest BCUT2D eigenvalue weighted by molar-refractivity contribution is -0.384. The minimum absolute atomic E-state index is 0.00186. The normalized spacial score (nSPS) is 24.4. The van der Waals surface area contributed by atoms with Gasteiger partial charge in [0, 0.05) is 44.0 Å². The Balaban J connectivity index is 1.86. The Hall–Kier alpha value is -1.82. The molecule has 0 saturated carbocycles. The van der Waals surface area contributed by atoms with Gasteiger partial charge in [0.15, 0.2) is 0 Å². The van der Waals surface area contributed by atoms with Crippen molar-refractivity contribution in [1.29, 1.82) is 0 Å². The Labute approximate surface area is 124 Å². The first kappa shape index (κ1) is 14.1. The minimum Gasteiger partial charge on any atom is -0.491 e. The number of fused-ring (bicyclic) bond motifs is 1. The minimum atomic E-state index is -0.352. The molecule has 0 bridgehead atoms. The van der Waals surface area contributed by atoms with Crippen LogP contribution in [0.5, 0.6) is 5.75 Å². The zero-order valence-corrected chi connectivity index (χ0v) is 12.4. The summed E-state index contributed by atoms with van der Waals surface area (Å²) < 4.78 is 5.66. The van der Waals surface area contributed by atoms with Crippen molar-refractivity contribution in [2.24, 2.45) is 11.8 Å². The molecule has 2 heterocycles. The molecule has 2 aliphatic heterocycles. The molecule has 1 aromatic carbocycles. The van der Waals surface area contributed by atoms with Gasteiger partial charge in [-0.15, -0.1) is 0 Å². The Morgan fingerprint density at radius 3 is 2.52 bits per heavy atom. The summed E-state index contributed by atoms with van der Waals surface area (Å²) in [6.45, 7) is 7.85. The number of ether oxygens (including phenoxy) is 1. The molecule has 0 aromatic heterocycles. The molecule has 2 saturated heterocycles. The van der Waals surface area contributed by atoms with Crippen LogP contribution >= 0.6 is 0 Å². The molecule has 1 aromatic rings. The lowest BCUT2D eigenvalue weighted by atomic mass is 10.0. The molecule has 0 radical (unpaired) electrons. The van der Waals surface area contributed by atoms with Crippen LogP contribution in [0.2, 0.25) is 0 Å². The Morgan fingerprint density at radius 1 is 1.29 bits per heavy atom. The SMILES string of the molecule is CC(C)Oc1cc(N2C[C@H]3CNC[C@H]3C2)cc([N+](=O)[O-])c1. The lowest BCUT2D eigenvalue weighted by Crippen LogP contribution is -2.25. The summed E-state index contributed by atoms with van der Waals surface area (Å²) in [5.74, 6) is 1.88. The molecule has 6 heteroatoms. The van der Waals surface area contributed by atoms with E-state index in [1.54, 1.807) is 6.07 Å². The van der Waals surface area contributed by atoms with Crippen molar-refractivity contribution < 1.29 is 9.66 Å². The van der Waals surface area contributed by atoms with Crippen LogP contribution in [0.15, 0.2) is 18.2 Å². The number of rotatable bonds is 4. The zero-order chi connectivity index (χ0) is 15.0. The highest BCUT2D eigenvalue weighted by atomic mass is 16.6. The summed E-state index contributed by atoms with van der Waals surface area (Å²) >= 11 is 0. The zero-order valence-electron chi connectivity index (χ0n) is 12.4. The van der Waals surface area contributed by atoms with E-state index < -0.39 is 0 Å². The first-order chi connectivity index (χ1) is 10.0. The van der Waals surface area contributed by atoms with Crippen LogP contribution in [0.1, 0.15) is 13.8 Å². The fraction of sp³-hybridized carbons (Fsp3) is 0.600. The number of hydrogen-bond donors (Lipinski definition) is 1. The van der Waals surface area contributed by atoms with E-state index in [9.17, 15) is 10.1 Å². The van der Waals surface area contributed by atoms with Crippen molar-refractivity contribution in [1.82, 2.24) is 5.32 Å². The molecule has 0 unspecified atom stereocenters. The van der Waals surface area contributed by atoms with Gasteiger partial charge in [0.1, 0.15) is 5.75 Å². The second kappa shape index (κ2) is 5.52. The summed E-state index contributed by atoms with van der Waals surface area (Å²) in [7, 11) is 0. The molecule has 3 rings (SSSR count). The smallest absolute Gasteiger partial charge is 0.275 e. The Morgan fingerprint density at radius 2 is 1.95 bits per heavy atom.